The van der Waals surface area contributed by atoms with Gasteiger partial charge in [-0.2, -0.15) is 5.10 Å². The molecule has 1 aliphatic rings. The van der Waals surface area contributed by atoms with E-state index in [1.807, 2.05) is 10.9 Å². The molecule has 0 spiro atoms. The van der Waals surface area contributed by atoms with Crippen LogP contribution in [-0.2, 0) is 6.54 Å². The lowest BCUT2D eigenvalue weighted by molar-refractivity contribution is 0.219. The van der Waals surface area contributed by atoms with Gasteiger partial charge in [-0.1, -0.05) is 20.8 Å². The number of hydrogen-bond donors (Lipinski definition) is 2. The average molecular weight is 250 g/mol. The number of urea groups is 1. The first-order chi connectivity index (χ1) is 8.52. The van der Waals surface area contributed by atoms with Crippen molar-refractivity contribution in [3.8, 4) is 0 Å². The molecule has 0 saturated heterocycles. The molecule has 1 heterocycles. The van der Waals surface area contributed by atoms with E-state index in [0.717, 1.165) is 31.0 Å². The van der Waals surface area contributed by atoms with Gasteiger partial charge in [0.05, 0.1) is 11.9 Å². The monoisotopic (exact) mass is 250 g/mol. The van der Waals surface area contributed by atoms with Crippen molar-refractivity contribution in [3.63, 3.8) is 0 Å². The fourth-order valence-electron chi connectivity index (χ4n) is 2.27. The largest absolute Gasteiger partial charge is 0.335 e. The van der Waals surface area contributed by atoms with Crippen LogP contribution in [0.3, 0.4) is 0 Å². The Hall–Kier alpha value is -1.52. The summed E-state index contributed by atoms with van der Waals surface area (Å²) >= 11 is 0. The highest BCUT2D eigenvalue weighted by molar-refractivity contribution is 5.89. The molecule has 5 heteroatoms. The molecule has 100 valence electrons. The first-order valence-electron chi connectivity index (χ1n) is 6.63. The number of nitrogens with one attached hydrogen (secondary N) is 2. The van der Waals surface area contributed by atoms with Crippen LogP contribution in [0.25, 0.3) is 0 Å². The Morgan fingerprint density at radius 1 is 1.56 bits per heavy atom. The summed E-state index contributed by atoms with van der Waals surface area (Å²) in [7, 11) is 0. The summed E-state index contributed by atoms with van der Waals surface area (Å²) in [5.74, 6) is 1.28. The number of nitrogens with zero attached hydrogens (tertiary/aromatic N) is 2. The molecule has 2 N–H and O–H groups in total. The van der Waals surface area contributed by atoms with Gasteiger partial charge in [0, 0.05) is 18.8 Å². The fourth-order valence-corrected chi connectivity index (χ4v) is 2.27. The van der Waals surface area contributed by atoms with Gasteiger partial charge in [-0.25, -0.2) is 4.79 Å². The van der Waals surface area contributed by atoms with Gasteiger partial charge < -0.3 is 10.6 Å². The number of anilines is 1. The molecule has 1 aliphatic carbocycles. The number of aromatic nitrogens is 2. The molecule has 1 fully saturated rings. The van der Waals surface area contributed by atoms with E-state index in [2.05, 4.69) is 36.5 Å². The minimum Gasteiger partial charge on any atom is -0.335 e. The van der Waals surface area contributed by atoms with Crippen LogP contribution in [-0.4, -0.2) is 21.9 Å². The summed E-state index contributed by atoms with van der Waals surface area (Å²) in [6, 6.07) is 0.210. The quantitative estimate of drug-likeness (QED) is 0.862. The SMILES string of the molecule is CC(C)Cn1cc(NC(=O)NC2CC(C)C2)cn1. The Kier molecular flexibility index (Phi) is 3.89. The highest BCUT2D eigenvalue weighted by atomic mass is 16.2. The van der Waals surface area contributed by atoms with E-state index < -0.39 is 0 Å². The maximum absolute atomic E-state index is 11.7. The summed E-state index contributed by atoms with van der Waals surface area (Å²) in [6.45, 7) is 7.34. The van der Waals surface area contributed by atoms with E-state index in [-0.39, 0.29) is 6.03 Å². The van der Waals surface area contributed by atoms with E-state index >= 15 is 0 Å². The molecule has 0 radical (unpaired) electrons. The smallest absolute Gasteiger partial charge is 0.319 e. The molecule has 2 rings (SSSR count). The number of rotatable bonds is 4. The molecule has 0 unspecified atom stereocenters. The van der Waals surface area contributed by atoms with Crippen molar-refractivity contribution >= 4 is 11.7 Å². The molecule has 0 aliphatic heterocycles. The van der Waals surface area contributed by atoms with Crippen molar-refractivity contribution in [2.24, 2.45) is 11.8 Å². The predicted molar refractivity (Wildman–Crippen MR) is 71.4 cm³/mol. The van der Waals surface area contributed by atoms with E-state index in [4.69, 9.17) is 0 Å². The number of hydrogen-bond acceptors (Lipinski definition) is 2. The molecule has 0 bridgehead atoms. The molecule has 0 atom stereocenters. The molecule has 0 aromatic carbocycles. The minimum absolute atomic E-state index is 0.129. The second-order valence-corrected chi connectivity index (χ2v) is 5.72. The molecule has 1 aromatic heterocycles. The first kappa shape index (κ1) is 12.9. The van der Waals surface area contributed by atoms with Gasteiger partial charge >= 0.3 is 6.03 Å². The number of carbonyl (C=O) groups is 1. The van der Waals surface area contributed by atoms with Crippen molar-refractivity contribution in [2.75, 3.05) is 5.32 Å². The minimum atomic E-state index is -0.129. The standard InChI is InChI=1S/C13H22N4O/c1-9(2)7-17-8-12(6-14-17)16-13(18)15-11-4-10(3)5-11/h6,8-11H,4-5,7H2,1-3H3,(H2,15,16,18). The van der Waals surface area contributed by atoms with Crippen molar-refractivity contribution in [3.05, 3.63) is 12.4 Å². The van der Waals surface area contributed by atoms with Gasteiger partial charge in [0.25, 0.3) is 0 Å². The zero-order valence-electron chi connectivity index (χ0n) is 11.3. The van der Waals surface area contributed by atoms with Gasteiger partial charge in [-0.3, -0.25) is 4.68 Å². The van der Waals surface area contributed by atoms with Gasteiger partial charge in [-0.15, -0.1) is 0 Å². The highest BCUT2D eigenvalue weighted by Crippen LogP contribution is 2.26. The molecule has 1 aromatic rings. The summed E-state index contributed by atoms with van der Waals surface area (Å²) in [6.07, 6.45) is 5.72. The maximum atomic E-state index is 11.7. The Bertz CT molecular complexity index is 407. The molecule has 2 amide bonds. The van der Waals surface area contributed by atoms with Crippen molar-refractivity contribution < 1.29 is 4.79 Å². The van der Waals surface area contributed by atoms with Crippen LogP contribution in [0.2, 0.25) is 0 Å². The second-order valence-electron chi connectivity index (χ2n) is 5.72. The van der Waals surface area contributed by atoms with Gasteiger partial charge in [0.15, 0.2) is 0 Å². The highest BCUT2D eigenvalue weighted by Gasteiger charge is 2.26. The lowest BCUT2D eigenvalue weighted by atomic mass is 9.82. The predicted octanol–water partition coefficient (Wildman–Crippen LogP) is 2.46. The molecular weight excluding hydrogens is 228 g/mol. The van der Waals surface area contributed by atoms with Gasteiger partial charge in [-0.05, 0) is 24.7 Å². The van der Waals surface area contributed by atoms with Crippen LogP contribution in [0.5, 0.6) is 0 Å². The fraction of sp³-hybridized carbons (Fsp3) is 0.692. The van der Waals surface area contributed by atoms with E-state index in [1.54, 1.807) is 6.20 Å². The number of carbonyl (C=O) groups excluding carboxylic acids is 1. The molecule has 1 saturated carbocycles. The van der Waals surface area contributed by atoms with E-state index in [1.165, 1.54) is 0 Å². The maximum Gasteiger partial charge on any atom is 0.319 e. The average Bonchev–Trinajstić information content (AvgIpc) is 2.62. The third-order valence-corrected chi connectivity index (χ3v) is 3.15. The Balaban J connectivity index is 1.78. The summed E-state index contributed by atoms with van der Waals surface area (Å²) in [5.41, 5.74) is 0.750. The lowest BCUT2D eigenvalue weighted by Gasteiger charge is -2.33. The van der Waals surface area contributed by atoms with E-state index in [9.17, 15) is 4.79 Å². The summed E-state index contributed by atoms with van der Waals surface area (Å²) in [4.78, 5) is 11.7. The van der Waals surface area contributed by atoms with E-state index in [0.29, 0.717) is 12.0 Å². The van der Waals surface area contributed by atoms with Gasteiger partial charge in [0.2, 0.25) is 0 Å². The summed E-state index contributed by atoms with van der Waals surface area (Å²) < 4.78 is 1.85. The van der Waals surface area contributed by atoms with Crippen LogP contribution in [0.1, 0.15) is 33.6 Å². The molecule has 18 heavy (non-hydrogen) atoms. The Labute approximate surface area is 108 Å². The normalized spacial score (nSPS) is 22.7. The van der Waals surface area contributed by atoms with Crippen LogP contribution in [0.4, 0.5) is 10.5 Å². The zero-order chi connectivity index (χ0) is 13.1. The van der Waals surface area contributed by atoms with Crippen molar-refractivity contribution in [1.29, 1.82) is 0 Å². The van der Waals surface area contributed by atoms with Gasteiger partial charge in [0.1, 0.15) is 0 Å². The van der Waals surface area contributed by atoms with Crippen molar-refractivity contribution in [1.82, 2.24) is 15.1 Å². The van der Waals surface area contributed by atoms with Crippen LogP contribution in [0, 0.1) is 11.8 Å². The lowest BCUT2D eigenvalue weighted by Crippen LogP contribution is -2.45. The van der Waals surface area contributed by atoms with Crippen molar-refractivity contribution in [2.45, 2.75) is 46.2 Å². The summed E-state index contributed by atoms with van der Waals surface area (Å²) in [5, 5.41) is 9.98. The Morgan fingerprint density at radius 3 is 2.89 bits per heavy atom. The third kappa shape index (κ3) is 3.48. The zero-order valence-corrected chi connectivity index (χ0v) is 11.3. The molecular formula is C13H22N4O. The van der Waals surface area contributed by atoms with Crippen LogP contribution < -0.4 is 10.6 Å². The second kappa shape index (κ2) is 5.42. The number of amides is 2. The van der Waals surface area contributed by atoms with Crippen LogP contribution in [0.15, 0.2) is 12.4 Å². The Morgan fingerprint density at radius 2 is 2.28 bits per heavy atom. The third-order valence-electron chi connectivity index (χ3n) is 3.15. The topological polar surface area (TPSA) is 59.0 Å². The first-order valence-corrected chi connectivity index (χ1v) is 6.63. The van der Waals surface area contributed by atoms with Crippen LogP contribution >= 0.6 is 0 Å². The molecule has 5 nitrogen and oxygen atoms in total.